The number of amides is 1. The minimum Gasteiger partial charge on any atom is -0.479 e. The molecule has 5 aromatic rings. The molecule has 1 unspecified atom stereocenters. The molecule has 1 aliphatic carbocycles. The summed E-state index contributed by atoms with van der Waals surface area (Å²) in [4.78, 5) is 57.9. The van der Waals surface area contributed by atoms with Crippen molar-refractivity contribution in [3.05, 3.63) is 90.3 Å². The Kier molecular flexibility index (Phi) is 9.51. The van der Waals surface area contributed by atoms with Crippen molar-refractivity contribution in [3.8, 4) is 17.1 Å². The number of carbonyl (C=O) groups excluding carboxylic acids is 2. The van der Waals surface area contributed by atoms with E-state index < -0.39 is 65.7 Å². The number of cyclic esters (lactones) is 1. The molecule has 59 heavy (non-hydrogen) atoms. The Hall–Kier alpha value is -5.46. The summed E-state index contributed by atoms with van der Waals surface area (Å²) < 4.78 is 40.2. The maximum Gasteiger partial charge on any atom is 0.407 e. The molecule has 9 rings (SSSR count). The van der Waals surface area contributed by atoms with Crippen LogP contribution < -0.4 is 15.6 Å². The van der Waals surface area contributed by atoms with Gasteiger partial charge in [-0.05, 0) is 67.5 Å². The number of halogens is 1. The number of aryl methyl sites for hydroxylation is 2. The molecule has 0 spiro atoms. The first-order valence-corrected chi connectivity index (χ1v) is 20.2. The number of nitrogens with one attached hydrogen (secondary N) is 1. The first-order chi connectivity index (χ1) is 28.2. The number of aliphatic carboxylic acids is 1. The molecule has 0 radical (unpaired) electrons. The first-order valence-electron chi connectivity index (χ1n) is 19.4. The molecular formula is C42H40FN3O12S. The number of fused-ring (bicyclic) bond motifs is 6. The summed E-state index contributed by atoms with van der Waals surface area (Å²) in [5, 5.41) is 45.6. The molecule has 0 saturated carbocycles. The molecule has 15 nitrogen and oxygen atoms in total. The van der Waals surface area contributed by atoms with Crippen LogP contribution in [0.2, 0.25) is 0 Å². The highest BCUT2D eigenvalue weighted by molar-refractivity contribution is 7.19. The molecule has 3 aliphatic heterocycles. The molecular weight excluding hydrogens is 790 g/mol. The number of ether oxygens (including phenoxy) is 4. The summed E-state index contributed by atoms with van der Waals surface area (Å²) in [5.74, 6) is -2.34. The summed E-state index contributed by atoms with van der Waals surface area (Å²) in [6, 6.07) is 7.63. The number of carbonyl (C=O) groups is 3. The van der Waals surface area contributed by atoms with E-state index in [1.165, 1.54) is 22.0 Å². The van der Waals surface area contributed by atoms with E-state index >= 15 is 4.39 Å². The van der Waals surface area contributed by atoms with Gasteiger partial charge in [0.2, 0.25) is 6.29 Å². The van der Waals surface area contributed by atoms with Gasteiger partial charge in [-0.1, -0.05) is 19.9 Å². The van der Waals surface area contributed by atoms with Crippen LogP contribution in [0.3, 0.4) is 0 Å². The van der Waals surface area contributed by atoms with Gasteiger partial charge in [0.1, 0.15) is 30.9 Å². The monoisotopic (exact) mass is 829 g/mol. The zero-order valence-corrected chi connectivity index (χ0v) is 33.0. The summed E-state index contributed by atoms with van der Waals surface area (Å²) in [6.45, 7) is 4.99. The Morgan fingerprint density at radius 2 is 1.93 bits per heavy atom. The van der Waals surface area contributed by atoms with Crippen molar-refractivity contribution in [3.63, 3.8) is 0 Å². The standard InChI is InChI=1S/C42H40FN3O12S/c1-4-19-10-21-30(57-31-13-29(47)35(48)36(58-31)39(50)51)9-6-18(37(21)59-19)15-56-41(53)45-26-8-7-20-17(3)25(43)12-27-32(20)33(26)22-14-46-28(34(22)44-27)11-24-23(38(46)49)16-55-40(52)42(24,54)5-2/h6,9-12,26,29,31,35-36,47-48,54H,4-5,7-8,13-16H2,1-3H3,(H,45,53)(H,50,51)/t26?,29-,31-,35+,36+,42-/m1/s1. The molecule has 2 aromatic carbocycles. The smallest absolute Gasteiger partial charge is 0.407 e. The fourth-order valence-electron chi connectivity index (χ4n) is 8.88. The number of pyridine rings is 2. The molecule has 6 heterocycles. The van der Waals surface area contributed by atoms with Crippen molar-refractivity contribution in [2.45, 2.75) is 109 Å². The largest absolute Gasteiger partial charge is 0.479 e. The lowest BCUT2D eigenvalue weighted by Crippen LogP contribution is -2.53. The first kappa shape index (κ1) is 39.0. The van der Waals surface area contributed by atoms with Gasteiger partial charge in [-0.3, -0.25) is 4.79 Å². The van der Waals surface area contributed by atoms with E-state index in [0.29, 0.717) is 74.9 Å². The van der Waals surface area contributed by atoms with Gasteiger partial charge in [-0.25, -0.2) is 23.8 Å². The van der Waals surface area contributed by atoms with Crippen LogP contribution in [0.5, 0.6) is 5.75 Å². The zero-order valence-electron chi connectivity index (χ0n) is 32.2. The second-order valence-corrected chi connectivity index (χ2v) is 16.5. The molecule has 4 aliphatic rings. The summed E-state index contributed by atoms with van der Waals surface area (Å²) in [6.07, 6.45) is -5.15. The van der Waals surface area contributed by atoms with Crippen LogP contribution in [-0.4, -0.2) is 72.6 Å². The van der Waals surface area contributed by atoms with E-state index in [0.717, 1.165) is 15.1 Å². The van der Waals surface area contributed by atoms with Gasteiger partial charge in [0.25, 0.3) is 5.56 Å². The van der Waals surface area contributed by atoms with Crippen LogP contribution in [0.1, 0.15) is 83.0 Å². The van der Waals surface area contributed by atoms with Gasteiger partial charge in [0, 0.05) is 49.5 Å². The van der Waals surface area contributed by atoms with Gasteiger partial charge in [0.15, 0.2) is 11.7 Å². The predicted octanol–water partition coefficient (Wildman–Crippen LogP) is 4.52. The van der Waals surface area contributed by atoms with Crippen LogP contribution in [0.4, 0.5) is 9.18 Å². The lowest BCUT2D eigenvalue weighted by Gasteiger charge is -2.34. The molecule has 308 valence electrons. The quantitative estimate of drug-likeness (QED) is 0.134. The predicted molar refractivity (Wildman–Crippen MR) is 208 cm³/mol. The van der Waals surface area contributed by atoms with E-state index in [1.807, 2.05) is 13.0 Å². The Bertz CT molecular complexity index is 2700. The average molecular weight is 830 g/mol. The van der Waals surface area contributed by atoms with Crippen molar-refractivity contribution in [2.75, 3.05) is 0 Å². The van der Waals surface area contributed by atoms with E-state index in [9.17, 15) is 39.6 Å². The highest BCUT2D eigenvalue weighted by Gasteiger charge is 2.46. The molecule has 6 atom stereocenters. The van der Waals surface area contributed by atoms with Crippen LogP contribution in [0.15, 0.2) is 35.1 Å². The van der Waals surface area contributed by atoms with Crippen LogP contribution in [0, 0.1) is 12.7 Å². The molecule has 0 bridgehead atoms. The van der Waals surface area contributed by atoms with Crippen molar-refractivity contribution in [2.24, 2.45) is 0 Å². The highest BCUT2D eigenvalue weighted by Crippen LogP contribution is 2.46. The number of benzene rings is 2. The lowest BCUT2D eigenvalue weighted by atomic mass is 9.81. The number of rotatable bonds is 8. The van der Waals surface area contributed by atoms with Gasteiger partial charge in [0.05, 0.1) is 41.2 Å². The number of aliphatic hydroxyl groups is 3. The Balaban J connectivity index is 1.02. The van der Waals surface area contributed by atoms with Gasteiger partial charge in [-0.15, -0.1) is 11.3 Å². The number of aliphatic hydroxyl groups excluding tert-OH is 2. The summed E-state index contributed by atoms with van der Waals surface area (Å²) >= 11 is 1.48. The number of esters is 1. The van der Waals surface area contributed by atoms with E-state index in [2.05, 4.69) is 5.32 Å². The fraction of sp³-hybridized carbons (Fsp3) is 0.405. The van der Waals surface area contributed by atoms with Crippen LogP contribution in [0.25, 0.3) is 32.4 Å². The van der Waals surface area contributed by atoms with E-state index in [1.54, 1.807) is 32.0 Å². The third kappa shape index (κ3) is 6.17. The third-order valence-electron chi connectivity index (χ3n) is 12.1. The van der Waals surface area contributed by atoms with Crippen molar-refractivity contribution in [1.29, 1.82) is 0 Å². The van der Waals surface area contributed by atoms with Crippen molar-refractivity contribution < 1.29 is 58.1 Å². The SMILES string of the molecule is CCc1cc2c(O[C@H]3C[C@@H](O)[C@H](O)[C@@H](C(=O)O)O3)ccc(COC(=O)NC3CCc4c(C)c(F)cc5nc6c(c3c45)Cn3c-6cc4c(c3=O)COC(=O)[C@@]4(O)CC)c2s1. The number of alkyl carbamates (subject to hydrolysis) is 1. The Morgan fingerprint density at radius 3 is 2.68 bits per heavy atom. The topological polar surface area (TPSA) is 216 Å². The average Bonchev–Trinajstić information content (AvgIpc) is 3.82. The number of carboxylic acid groups (broad SMARTS) is 1. The van der Waals surface area contributed by atoms with Gasteiger partial charge < -0.3 is 49.3 Å². The number of hydrogen-bond donors (Lipinski definition) is 5. The Labute approximate surface area is 338 Å². The van der Waals surface area contributed by atoms with E-state index in [4.69, 9.17) is 23.9 Å². The van der Waals surface area contributed by atoms with Gasteiger partial charge >= 0.3 is 18.0 Å². The Morgan fingerprint density at radius 1 is 1.14 bits per heavy atom. The minimum atomic E-state index is -2.02. The maximum absolute atomic E-state index is 15.4. The highest BCUT2D eigenvalue weighted by atomic mass is 32.1. The maximum atomic E-state index is 15.4. The second-order valence-electron chi connectivity index (χ2n) is 15.4. The number of hydrogen-bond acceptors (Lipinski definition) is 13. The number of thiophene rings is 1. The lowest BCUT2D eigenvalue weighted by molar-refractivity contribution is -0.228. The summed E-state index contributed by atoms with van der Waals surface area (Å²) in [7, 11) is 0. The van der Waals surface area contributed by atoms with Crippen molar-refractivity contribution >= 4 is 50.4 Å². The number of aromatic nitrogens is 2. The summed E-state index contributed by atoms with van der Waals surface area (Å²) in [5.41, 5.74) is 2.21. The fourth-order valence-corrected chi connectivity index (χ4v) is 9.99. The van der Waals surface area contributed by atoms with E-state index in [-0.39, 0.29) is 43.7 Å². The number of nitrogens with zero attached hydrogens (tertiary/aromatic N) is 2. The second kappa shape index (κ2) is 14.4. The molecule has 1 amide bonds. The molecule has 17 heteroatoms. The molecule has 1 fully saturated rings. The number of carboxylic acids is 1. The minimum absolute atomic E-state index is 0.0240. The van der Waals surface area contributed by atoms with Crippen LogP contribution >= 0.6 is 11.3 Å². The third-order valence-corrected chi connectivity index (χ3v) is 13.4. The molecule has 5 N–H and O–H groups in total. The van der Waals surface area contributed by atoms with Gasteiger partial charge in [-0.2, -0.15) is 0 Å². The zero-order chi connectivity index (χ0) is 41.7. The normalized spacial score (nSPS) is 24.3. The molecule has 1 saturated heterocycles. The van der Waals surface area contributed by atoms with Crippen LogP contribution in [-0.2, 0) is 62.0 Å². The molecule has 3 aromatic heterocycles. The van der Waals surface area contributed by atoms with Crippen molar-refractivity contribution in [1.82, 2.24) is 14.9 Å².